The number of benzene rings is 1. The van der Waals surface area contributed by atoms with E-state index in [0.29, 0.717) is 13.0 Å². The summed E-state index contributed by atoms with van der Waals surface area (Å²) in [4.78, 5) is 16.0. The molecule has 0 saturated carbocycles. The van der Waals surface area contributed by atoms with Crippen LogP contribution >= 0.6 is 24.8 Å². The molecule has 1 aromatic heterocycles. The van der Waals surface area contributed by atoms with Gasteiger partial charge in [0.1, 0.15) is 5.82 Å². The van der Waals surface area contributed by atoms with Crippen LogP contribution < -0.4 is 10.6 Å². The highest BCUT2D eigenvalue weighted by Gasteiger charge is 2.06. The zero-order chi connectivity index (χ0) is 13.7. The van der Waals surface area contributed by atoms with Crippen LogP contribution in [-0.2, 0) is 11.8 Å². The molecular weight excluding hydrogens is 311 g/mol. The minimum Gasteiger partial charge on any atom is -0.334 e. The Bertz CT molecular complexity index is 572. The maximum atomic E-state index is 11.7. The first-order valence-electron chi connectivity index (χ1n) is 6.23. The van der Waals surface area contributed by atoms with Crippen LogP contribution in [0.4, 0.5) is 5.69 Å². The number of amides is 1. The van der Waals surface area contributed by atoms with Gasteiger partial charge in [0, 0.05) is 43.7 Å². The van der Waals surface area contributed by atoms with Gasteiger partial charge in [0.05, 0.1) is 0 Å². The Balaban J connectivity index is 0.00000200. The zero-order valence-electron chi connectivity index (χ0n) is 12.0. The van der Waals surface area contributed by atoms with Gasteiger partial charge in [-0.15, -0.1) is 24.8 Å². The molecule has 0 aliphatic heterocycles. The maximum absolute atomic E-state index is 11.7. The van der Waals surface area contributed by atoms with Crippen molar-refractivity contribution < 1.29 is 4.79 Å². The highest BCUT2D eigenvalue weighted by molar-refractivity contribution is 5.91. The summed E-state index contributed by atoms with van der Waals surface area (Å²) >= 11 is 0. The van der Waals surface area contributed by atoms with Crippen molar-refractivity contribution >= 4 is 36.4 Å². The molecule has 0 radical (unpaired) electrons. The molecule has 2 aromatic rings. The standard InChI is InChI=1S/C14H18N4O.2ClH/c1-15-7-6-13(19)17-12-5-3-4-11(10-12)14-16-8-9-18(14)2;;/h3-5,8-10,15H,6-7H2,1-2H3,(H,17,19);2*1H. The summed E-state index contributed by atoms with van der Waals surface area (Å²) in [7, 11) is 3.77. The first-order chi connectivity index (χ1) is 9.20. The molecule has 2 rings (SSSR count). The van der Waals surface area contributed by atoms with E-state index in [1.165, 1.54) is 0 Å². The number of aromatic nitrogens is 2. The molecule has 0 fully saturated rings. The van der Waals surface area contributed by atoms with Crippen molar-refractivity contribution in [1.82, 2.24) is 14.9 Å². The first-order valence-corrected chi connectivity index (χ1v) is 6.23. The molecule has 2 N–H and O–H groups in total. The molecule has 7 heteroatoms. The summed E-state index contributed by atoms with van der Waals surface area (Å²) in [6.07, 6.45) is 4.12. The first kappa shape index (κ1) is 19.4. The predicted molar refractivity (Wildman–Crippen MR) is 90.3 cm³/mol. The van der Waals surface area contributed by atoms with Gasteiger partial charge in [0.2, 0.25) is 5.91 Å². The van der Waals surface area contributed by atoms with E-state index >= 15 is 0 Å². The van der Waals surface area contributed by atoms with Crippen LogP contribution in [0.5, 0.6) is 0 Å². The number of hydrogen-bond donors (Lipinski definition) is 2. The second-order valence-corrected chi connectivity index (χ2v) is 4.34. The molecule has 1 aromatic carbocycles. The molecule has 116 valence electrons. The number of rotatable bonds is 5. The molecule has 0 spiro atoms. The van der Waals surface area contributed by atoms with Crippen molar-refractivity contribution in [2.24, 2.45) is 7.05 Å². The van der Waals surface area contributed by atoms with Crippen molar-refractivity contribution in [3.63, 3.8) is 0 Å². The van der Waals surface area contributed by atoms with Gasteiger partial charge in [-0.25, -0.2) is 4.98 Å². The van der Waals surface area contributed by atoms with Gasteiger partial charge in [-0.2, -0.15) is 0 Å². The van der Waals surface area contributed by atoms with Crippen LogP contribution in [0, 0.1) is 0 Å². The lowest BCUT2D eigenvalue weighted by atomic mass is 10.2. The van der Waals surface area contributed by atoms with Crippen molar-refractivity contribution in [1.29, 1.82) is 0 Å². The fraction of sp³-hybridized carbons (Fsp3) is 0.286. The number of aryl methyl sites for hydroxylation is 1. The van der Waals surface area contributed by atoms with Crippen LogP contribution in [0.3, 0.4) is 0 Å². The fourth-order valence-corrected chi connectivity index (χ4v) is 1.84. The highest BCUT2D eigenvalue weighted by Crippen LogP contribution is 2.20. The van der Waals surface area contributed by atoms with E-state index in [-0.39, 0.29) is 30.7 Å². The smallest absolute Gasteiger partial charge is 0.225 e. The number of hydrogen-bond acceptors (Lipinski definition) is 3. The summed E-state index contributed by atoms with van der Waals surface area (Å²) in [5.41, 5.74) is 1.78. The highest BCUT2D eigenvalue weighted by atomic mass is 35.5. The van der Waals surface area contributed by atoms with E-state index in [4.69, 9.17) is 0 Å². The molecule has 0 aliphatic rings. The Morgan fingerprint density at radius 1 is 1.33 bits per heavy atom. The van der Waals surface area contributed by atoms with Gasteiger partial charge in [-0.05, 0) is 19.2 Å². The van der Waals surface area contributed by atoms with Crippen LogP contribution in [0.1, 0.15) is 6.42 Å². The van der Waals surface area contributed by atoms with Crippen molar-refractivity contribution in [2.45, 2.75) is 6.42 Å². The number of anilines is 1. The van der Waals surface area contributed by atoms with Gasteiger partial charge < -0.3 is 15.2 Å². The monoisotopic (exact) mass is 330 g/mol. The molecule has 0 atom stereocenters. The third kappa shape index (κ3) is 5.38. The molecule has 0 unspecified atom stereocenters. The zero-order valence-corrected chi connectivity index (χ0v) is 13.6. The van der Waals surface area contributed by atoms with E-state index in [1.807, 2.05) is 49.1 Å². The topological polar surface area (TPSA) is 59.0 Å². The SMILES string of the molecule is CNCCC(=O)Nc1cccc(-c2nccn2C)c1.Cl.Cl. The molecule has 21 heavy (non-hydrogen) atoms. The Morgan fingerprint density at radius 2 is 2.10 bits per heavy atom. The van der Waals surface area contributed by atoms with Crippen molar-refractivity contribution in [3.8, 4) is 11.4 Å². The number of imidazole rings is 1. The Labute approximate surface area is 137 Å². The molecule has 1 heterocycles. The summed E-state index contributed by atoms with van der Waals surface area (Å²) < 4.78 is 1.95. The summed E-state index contributed by atoms with van der Waals surface area (Å²) in [6.45, 7) is 0.672. The number of nitrogens with one attached hydrogen (secondary N) is 2. The Kier molecular flexibility index (Phi) is 8.69. The minimum absolute atomic E-state index is 0. The maximum Gasteiger partial charge on any atom is 0.225 e. The fourth-order valence-electron chi connectivity index (χ4n) is 1.84. The van der Waals surface area contributed by atoms with Crippen LogP contribution in [0.15, 0.2) is 36.7 Å². The summed E-state index contributed by atoms with van der Waals surface area (Å²) in [5, 5.41) is 5.83. The molecule has 0 aliphatic carbocycles. The normalized spacial score (nSPS) is 9.43. The number of carbonyl (C=O) groups excluding carboxylic acids is 1. The van der Waals surface area contributed by atoms with E-state index in [0.717, 1.165) is 17.1 Å². The van der Waals surface area contributed by atoms with E-state index in [9.17, 15) is 4.79 Å². The minimum atomic E-state index is 0. The molecule has 5 nitrogen and oxygen atoms in total. The number of carbonyl (C=O) groups is 1. The third-order valence-electron chi connectivity index (χ3n) is 2.83. The van der Waals surface area contributed by atoms with Crippen LogP contribution in [0.25, 0.3) is 11.4 Å². The lowest BCUT2D eigenvalue weighted by molar-refractivity contribution is -0.116. The van der Waals surface area contributed by atoms with Crippen LogP contribution in [0.2, 0.25) is 0 Å². The van der Waals surface area contributed by atoms with Gasteiger partial charge in [-0.1, -0.05) is 12.1 Å². The second-order valence-electron chi connectivity index (χ2n) is 4.34. The lowest BCUT2D eigenvalue weighted by Gasteiger charge is -2.07. The third-order valence-corrected chi connectivity index (χ3v) is 2.83. The largest absolute Gasteiger partial charge is 0.334 e. The average Bonchev–Trinajstić information content (AvgIpc) is 2.83. The Morgan fingerprint density at radius 3 is 2.71 bits per heavy atom. The average molecular weight is 331 g/mol. The molecule has 1 amide bonds. The predicted octanol–water partition coefficient (Wildman–Crippen LogP) is 2.48. The summed E-state index contributed by atoms with van der Waals surface area (Å²) in [5.74, 6) is 0.887. The van der Waals surface area contributed by atoms with Gasteiger partial charge in [-0.3, -0.25) is 4.79 Å². The molecular formula is C14H20Cl2N4O. The summed E-state index contributed by atoms with van der Waals surface area (Å²) in [6, 6.07) is 7.70. The van der Waals surface area contributed by atoms with Gasteiger partial charge in [0.25, 0.3) is 0 Å². The van der Waals surface area contributed by atoms with Gasteiger partial charge >= 0.3 is 0 Å². The van der Waals surface area contributed by atoms with Gasteiger partial charge in [0.15, 0.2) is 0 Å². The van der Waals surface area contributed by atoms with Crippen LogP contribution in [-0.4, -0.2) is 29.1 Å². The molecule has 0 saturated heterocycles. The van der Waals surface area contributed by atoms with Crippen molar-refractivity contribution in [2.75, 3.05) is 18.9 Å². The van der Waals surface area contributed by atoms with Crippen molar-refractivity contribution in [3.05, 3.63) is 36.7 Å². The van der Waals surface area contributed by atoms with E-state index in [1.54, 1.807) is 6.20 Å². The van der Waals surface area contributed by atoms with E-state index < -0.39 is 0 Å². The van der Waals surface area contributed by atoms with E-state index in [2.05, 4.69) is 15.6 Å². The molecule has 0 bridgehead atoms. The number of halogens is 2. The lowest BCUT2D eigenvalue weighted by Crippen LogP contribution is -2.18. The second kappa shape index (κ2) is 9.39. The quantitative estimate of drug-likeness (QED) is 0.885. The number of nitrogens with zero attached hydrogens (tertiary/aromatic N) is 2. The Hall–Kier alpha value is -1.56.